The van der Waals surface area contributed by atoms with E-state index >= 15 is 0 Å². The van der Waals surface area contributed by atoms with Crippen LogP contribution in [0.4, 0.5) is 10.5 Å². The number of hydrogen-bond donors (Lipinski definition) is 1. The number of carbonyl (C=O) groups excluding carboxylic acids is 3. The minimum Gasteiger partial charge on any atom is -0.494 e. The quantitative estimate of drug-likeness (QED) is 0.231. The monoisotopic (exact) mass is 475 g/mol. The maximum atomic E-state index is 13.1. The molecule has 0 saturated carbocycles. The number of barbiturate groups is 1. The number of carbonyl (C=O) groups is 3. The zero-order valence-electron chi connectivity index (χ0n) is 18.9. The Kier molecular flexibility index (Phi) is 6.45. The summed E-state index contributed by atoms with van der Waals surface area (Å²) in [7, 11) is 0. The van der Waals surface area contributed by atoms with E-state index in [9.17, 15) is 24.5 Å². The number of ether oxygens (including phenoxy) is 1. The molecule has 1 aliphatic rings. The van der Waals surface area contributed by atoms with Crippen molar-refractivity contribution in [3.63, 3.8) is 0 Å². The van der Waals surface area contributed by atoms with Gasteiger partial charge in [0.1, 0.15) is 22.8 Å². The van der Waals surface area contributed by atoms with Crippen LogP contribution in [-0.4, -0.2) is 34.3 Å². The lowest BCUT2D eigenvalue weighted by molar-refractivity contribution is -0.384. The van der Waals surface area contributed by atoms with Crippen LogP contribution in [0.1, 0.15) is 31.2 Å². The first-order chi connectivity index (χ1) is 16.8. The van der Waals surface area contributed by atoms with Gasteiger partial charge in [0.2, 0.25) is 0 Å². The molecule has 4 amide bonds. The summed E-state index contributed by atoms with van der Waals surface area (Å²) >= 11 is 0. The SMILES string of the molecule is CCOc1ccc(-c2ccc(C=C3C(=O)NC(=O)N(C(C)c4ccccc4)C3=O)o2)c([N+](=O)[O-])c1. The topological polar surface area (TPSA) is 132 Å². The van der Waals surface area contributed by atoms with Crippen LogP contribution < -0.4 is 10.1 Å². The number of furan rings is 1. The van der Waals surface area contributed by atoms with Gasteiger partial charge in [-0.3, -0.25) is 29.9 Å². The van der Waals surface area contributed by atoms with Crippen LogP contribution in [0.2, 0.25) is 0 Å². The number of urea groups is 1. The van der Waals surface area contributed by atoms with E-state index in [1.807, 2.05) is 6.07 Å². The lowest BCUT2D eigenvalue weighted by atomic mass is 10.0. The average Bonchev–Trinajstić information content (AvgIpc) is 3.31. The minimum absolute atomic E-state index is 0.114. The fourth-order valence-corrected chi connectivity index (χ4v) is 3.75. The first-order valence-electron chi connectivity index (χ1n) is 10.8. The van der Waals surface area contributed by atoms with E-state index in [0.717, 1.165) is 4.90 Å². The third-order valence-electron chi connectivity index (χ3n) is 5.46. The molecule has 4 rings (SSSR count). The molecule has 35 heavy (non-hydrogen) atoms. The summed E-state index contributed by atoms with van der Waals surface area (Å²) in [6, 6.07) is 14.8. The van der Waals surface area contributed by atoms with Crippen molar-refractivity contribution in [3.05, 3.63) is 87.7 Å². The first-order valence-corrected chi connectivity index (χ1v) is 10.8. The Morgan fingerprint density at radius 3 is 2.54 bits per heavy atom. The molecule has 1 unspecified atom stereocenters. The Hall–Kier alpha value is -4.73. The van der Waals surface area contributed by atoms with Gasteiger partial charge in [-0.15, -0.1) is 0 Å². The van der Waals surface area contributed by atoms with Crippen molar-refractivity contribution in [2.45, 2.75) is 19.9 Å². The highest BCUT2D eigenvalue weighted by atomic mass is 16.6. The van der Waals surface area contributed by atoms with E-state index in [2.05, 4.69) is 5.32 Å². The van der Waals surface area contributed by atoms with Gasteiger partial charge in [-0.25, -0.2) is 4.79 Å². The predicted molar refractivity (Wildman–Crippen MR) is 125 cm³/mol. The minimum atomic E-state index is -0.860. The van der Waals surface area contributed by atoms with Gasteiger partial charge in [0.05, 0.1) is 29.2 Å². The third kappa shape index (κ3) is 4.67. The van der Waals surface area contributed by atoms with E-state index in [-0.39, 0.29) is 28.3 Å². The Labute approximate surface area is 199 Å². The fourth-order valence-electron chi connectivity index (χ4n) is 3.75. The molecule has 1 N–H and O–H groups in total. The zero-order valence-corrected chi connectivity index (χ0v) is 18.9. The van der Waals surface area contributed by atoms with E-state index < -0.39 is 28.8 Å². The number of benzene rings is 2. The first kappa shape index (κ1) is 23.4. The van der Waals surface area contributed by atoms with Gasteiger partial charge in [-0.1, -0.05) is 30.3 Å². The largest absolute Gasteiger partial charge is 0.494 e. The van der Waals surface area contributed by atoms with Crippen LogP contribution in [0.15, 0.2) is 70.7 Å². The maximum Gasteiger partial charge on any atom is 0.331 e. The Morgan fingerprint density at radius 2 is 1.86 bits per heavy atom. The van der Waals surface area contributed by atoms with E-state index in [1.165, 1.54) is 30.3 Å². The molecule has 1 aromatic heterocycles. The molecular formula is C25H21N3O7. The van der Waals surface area contributed by atoms with Gasteiger partial charge < -0.3 is 9.15 Å². The molecule has 2 heterocycles. The Bertz CT molecular complexity index is 1340. The van der Waals surface area contributed by atoms with E-state index in [0.29, 0.717) is 17.9 Å². The molecule has 0 radical (unpaired) electrons. The molecule has 1 fully saturated rings. The molecule has 2 aromatic carbocycles. The van der Waals surface area contributed by atoms with Gasteiger partial charge in [0.25, 0.3) is 17.5 Å². The molecule has 10 heteroatoms. The van der Waals surface area contributed by atoms with Crippen LogP contribution in [0.25, 0.3) is 17.4 Å². The van der Waals surface area contributed by atoms with Gasteiger partial charge >= 0.3 is 6.03 Å². The number of nitro benzene ring substituents is 1. The van der Waals surface area contributed by atoms with Crippen molar-refractivity contribution < 1.29 is 28.5 Å². The van der Waals surface area contributed by atoms with Crippen LogP contribution in [0.5, 0.6) is 5.75 Å². The smallest absolute Gasteiger partial charge is 0.331 e. The highest BCUT2D eigenvalue weighted by molar-refractivity contribution is 6.31. The summed E-state index contributed by atoms with van der Waals surface area (Å²) in [5.41, 5.74) is 0.406. The van der Waals surface area contributed by atoms with Crippen molar-refractivity contribution in [2.24, 2.45) is 0 Å². The summed E-state index contributed by atoms with van der Waals surface area (Å²) in [5.74, 6) is -1.01. The second-order valence-electron chi connectivity index (χ2n) is 7.65. The summed E-state index contributed by atoms with van der Waals surface area (Å²) in [6.45, 7) is 3.80. The number of amides is 4. The molecule has 1 saturated heterocycles. The van der Waals surface area contributed by atoms with E-state index in [1.54, 1.807) is 44.2 Å². The van der Waals surface area contributed by atoms with Gasteiger partial charge in [-0.05, 0) is 49.8 Å². The standard InChI is InChI=1S/C25H21N3O7/c1-3-34-17-9-11-19(21(14-17)28(32)33)22-12-10-18(35-22)13-20-23(29)26-25(31)27(24(20)30)15(2)16-7-5-4-6-8-16/h4-15H,3H2,1-2H3,(H,26,29,31). The number of hydrogen-bond acceptors (Lipinski definition) is 7. The normalized spacial score (nSPS) is 15.8. The molecule has 3 aromatic rings. The highest BCUT2D eigenvalue weighted by Gasteiger charge is 2.39. The number of nitro groups is 1. The summed E-state index contributed by atoms with van der Waals surface area (Å²) in [5, 5.41) is 13.7. The van der Waals surface area contributed by atoms with E-state index in [4.69, 9.17) is 9.15 Å². The van der Waals surface area contributed by atoms with Crippen molar-refractivity contribution in [1.82, 2.24) is 10.2 Å². The van der Waals surface area contributed by atoms with Crippen molar-refractivity contribution in [3.8, 4) is 17.1 Å². The van der Waals surface area contributed by atoms with Crippen LogP contribution >= 0.6 is 0 Å². The Morgan fingerprint density at radius 1 is 1.11 bits per heavy atom. The van der Waals surface area contributed by atoms with Crippen molar-refractivity contribution in [1.29, 1.82) is 0 Å². The molecule has 0 bridgehead atoms. The molecule has 178 valence electrons. The Balaban J connectivity index is 1.66. The van der Waals surface area contributed by atoms with Gasteiger partial charge in [0, 0.05) is 0 Å². The summed E-state index contributed by atoms with van der Waals surface area (Å²) < 4.78 is 11.0. The van der Waals surface area contributed by atoms with Crippen molar-refractivity contribution in [2.75, 3.05) is 6.61 Å². The predicted octanol–water partition coefficient (Wildman–Crippen LogP) is 4.48. The number of rotatable bonds is 7. The number of nitrogens with one attached hydrogen (secondary N) is 1. The zero-order chi connectivity index (χ0) is 25.1. The average molecular weight is 475 g/mol. The highest BCUT2D eigenvalue weighted by Crippen LogP contribution is 2.35. The fraction of sp³-hybridized carbons (Fsp3) is 0.160. The molecular weight excluding hydrogens is 454 g/mol. The van der Waals surface area contributed by atoms with Crippen LogP contribution in [0, 0.1) is 10.1 Å². The van der Waals surface area contributed by atoms with Gasteiger partial charge in [0.15, 0.2) is 0 Å². The lowest BCUT2D eigenvalue weighted by Gasteiger charge is -2.31. The molecule has 0 aliphatic carbocycles. The maximum absolute atomic E-state index is 13.1. The second kappa shape index (κ2) is 9.64. The second-order valence-corrected chi connectivity index (χ2v) is 7.65. The molecule has 1 atom stereocenters. The lowest BCUT2D eigenvalue weighted by Crippen LogP contribution is -2.54. The van der Waals surface area contributed by atoms with Crippen LogP contribution in [0.3, 0.4) is 0 Å². The molecule has 1 aliphatic heterocycles. The molecule has 10 nitrogen and oxygen atoms in total. The van der Waals surface area contributed by atoms with Crippen molar-refractivity contribution >= 4 is 29.6 Å². The number of nitrogens with zero attached hydrogens (tertiary/aromatic N) is 2. The molecule has 0 spiro atoms. The summed E-state index contributed by atoms with van der Waals surface area (Å²) in [4.78, 5) is 50.0. The summed E-state index contributed by atoms with van der Waals surface area (Å²) in [6.07, 6.45) is 1.21. The third-order valence-corrected chi connectivity index (χ3v) is 5.46. The van der Waals surface area contributed by atoms with Gasteiger partial charge in [-0.2, -0.15) is 0 Å². The number of imide groups is 2. The van der Waals surface area contributed by atoms with Crippen LogP contribution in [-0.2, 0) is 9.59 Å².